The van der Waals surface area contributed by atoms with Gasteiger partial charge in [-0.05, 0) is 11.6 Å². The van der Waals surface area contributed by atoms with E-state index in [1.807, 2.05) is 30.3 Å². The minimum atomic E-state index is -0.219. The van der Waals surface area contributed by atoms with Crippen LogP contribution in [0.15, 0.2) is 54.6 Å². The Balaban J connectivity index is 1.92. The van der Waals surface area contributed by atoms with Gasteiger partial charge in [0, 0.05) is 18.7 Å². The van der Waals surface area contributed by atoms with Crippen LogP contribution in [0.2, 0.25) is 0 Å². The van der Waals surface area contributed by atoms with Gasteiger partial charge in [-0.15, -0.1) is 0 Å². The van der Waals surface area contributed by atoms with Crippen LogP contribution in [0.3, 0.4) is 0 Å². The number of nitrogens with zero attached hydrogens (tertiary/aromatic N) is 1. The number of rotatable bonds is 5. The van der Waals surface area contributed by atoms with Crippen LogP contribution in [-0.4, -0.2) is 6.54 Å². The van der Waals surface area contributed by atoms with E-state index in [0.717, 1.165) is 5.56 Å². The van der Waals surface area contributed by atoms with Gasteiger partial charge in [0.1, 0.15) is 5.82 Å². The molecule has 0 aliphatic heterocycles. The lowest BCUT2D eigenvalue weighted by Gasteiger charge is -2.11. The standard InChI is InChI=1S/C16H15FN2/c17-16-9-5-4-8-14(16)11-19-12-15(10-18)13-6-2-1-3-7-13/h1-9,15,19H,11-12H2. The summed E-state index contributed by atoms with van der Waals surface area (Å²) in [5, 5.41) is 12.3. The fourth-order valence-electron chi connectivity index (χ4n) is 1.92. The lowest BCUT2D eigenvalue weighted by atomic mass is 10.0. The number of hydrogen-bond donors (Lipinski definition) is 1. The third-order valence-electron chi connectivity index (χ3n) is 2.98. The summed E-state index contributed by atoms with van der Waals surface area (Å²) in [6.45, 7) is 0.937. The molecule has 2 aromatic carbocycles. The van der Waals surface area contributed by atoms with Crippen LogP contribution in [0.5, 0.6) is 0 Å². The SMILES string of the molecule is N#CC(CNCc1ccccc1F)c1ccccc1. The van der Waals surface area contributed by atoms with Gasteiger partial charge in [-0.2, -0.15) is 5.26 Å². The average molecular weight is 254 g/mol. The van der Waals surface area contributed by atoms with Crippen LogP contribution >= 0.6 is 0 Å². The molecule has 0 saturated heterocycles. The topological polar surface area (TPSA) is 35.8 Å². The van der Waals surface area contributed by atoms with E-state index in [1.165, 1.54) is 6.07 Å². The maximum atomic E-state index is 13.4. The Morgan fingerprint density at radius 1 is 1.05 bits per heavy atom. The lowest BCUT2D eigenvalue weighted by Crippen LogP contribution is -2.21. The van der Waals surface area contributed by atoms with Crippen LogP contribution in [0.1, 0.15) is 17.0 Å². The van der Waals surface area contributed by atoms with Crippen molar-refractivity contribution in [3.63, 3.8) is 0 Å². The third kappa shape index (κ3) is 3.64. The van der Waals surface area contributed by atoms with Gasteiger partial charge in [0.05, 0.1) is 12.0 Å². The molecule has 3 heteroatoms. The molecule has 1 N–H and O–H groups in total. The molecular formula is C16H15FN2. The predicted octanol–water partition coefficient (Wildman–Crippen LogP) is 3.22. The smallest absolute Gasteiger partial charge is 0.127 e. The normalized spacial score (nSPS) is 11.8. The Bertz CT molecular complexity index is 560. The highest BCUT2D eigenvalue weighted by Gasteiger charge is 2.09. The summed E-state index contributed by atoms with van der Waals surface area (Å²) in [4.78, 5) is 0. The fourth-order valence-corrected chi connectivity index (χ4v) is 1.92. The number of nitrogens with one attached hydrogen (secondary N) is 1. The average Bonchev–Trinajstić information content (AvgIpc) is 2.46. The summed E-state index contributed by atoms with van der Waals surface area (Å²) in [6.07, 6.45) is 0. The monoisotopic (exact) mass is 254 g/mol. The molecule has 0 bridgehead atoms. The summed E-state index contributed by atoms with van der Waals surface area (Å²) in [5.74, 6) is -0.434. The first kappa shape index (κ1) is 13.3. The second-order valence-electron chi connectivity index (χ2n) is 4.31. The van der Waals surface area contributed by atoms with E-state index in [-0.39, 0.29) is 11.7 Å². The number of halogens is 1. The molecule has 2 rings (SSSR count). The first-order valence-electron chi connectivity index (χ1n) is 6.20. The van der Waals surface area contributed by atoms with Gasteiger partial charge < -0.3 is 5.32 Å². The van der Waals surface area contributed by atoms with Gasteiger partial charge in [-0.3, -0.25) is 0 Å². The van der Waals surface area contributed by atoms with E-state index in [2.05, 4.69) is 11.4 Å². The summed E-state index contributed by atoms with van der Waals surface area (Å²) in [7, 11) is 0. The maximum Gasteiger partial charge on any atom is 0.127 e. The van der Waals surface area contributed by atoms with Crippen molar-refractivity contribution in [1.29, 1.82) is 5.26 Å². The number of benzene rings is 2. The van der Waals surface area contributed by atoms with E-state index in [1.54, 1.807) is 18.2 Å². The molecule has 0 spiro atoms. The molecule has 1 unspecified atom stereocenters. The zero-order chi connectivity index (χ0) is 13.5. The fraction of sp³-hybridized carbons (Fsp3) is 0.188. The van der Waals surface area contributed by atoms with Gasteiger partial charge >= 0.3 is 0 Å². The zero-order valence-corrected chi connectivity index (χ0v) is 10.5. The van der Waals surface area contributed by atoms with Crippen LogP contribution in [0.4, 0.5) is 4.39 Å². The van der Waals surface area contributed by atoms with E-state index in [4.69, 9.17) is 5.26 Å². The molecule has 0 saturated carbocycles. The van der Waals surface area contributed by atoms with Crippen LogP contribution in [0.25, 0.3) is 0 Å². The van der Waals surface area contributed by atoms with Crippen molar-refractivity contribution in [3.05, 3.63) is 71.5 Å². The van der Waals surface area contributed by atoms with Gasteiger partial charge in [-0.1, -0.05) is 48.5 Å². The molecule has 96 valence electrons. The Labute approximate surface area is 112 Å². The Morgan fingerprint density at radius 2 is 1.74 bits per heavy atom. The summed E-state index contributed by atoms with van der Waals surface area (Å²) in [5.41, 5.74) is 1.60. The summed E-state index contributed by atoms with van der Waals surface area (Å²) < 4.78 is 13.4. The molecule has 0 fully saturated rings. The summed E-state index contributed by atoms with van der Waals surface area (Å²) >= 11 is 0. The Morgan fingerprint density at radius 3 is 2.42 bits per heavy atom. The highest BCUT2D eigenvalue weighted by Crippen LogP contribution is 2.13. The summed E-state index contributed by atoms with van der Waals surface area (Å²) in [6, 6.07) is 18.5. The quantitative estimate of drug-likeness (QED) is 0.889. The molecule has 0 aromatic heterocycles. The molecule has 0 aliphatic rings. The lowest BCUT2D eigenvalue weighted by molar-refractivity contribution is 0.582. The minimum Gasteiger partial charge on any atom is -0.311 e. The van der Waals surface area contributed by atoms with Crippen molar-refractivity contribution < 1.29 is 4.39 Å². The molecule has 1 atom stereocenters. The maximum absolute atomic E-state index is 13.4. The molecule has 2 nitrogen and oxygen atoms in total. The van der Waals surface area contributed by atoms with Gasteiger partial charge in [0.15, 0.2) is 0 Å². The van der Waals surface area contributed by atoms with E-state index in [9.17, 15) is 4.39 Å². The minimum absolute atomic E-state index is 0.215. The van der Waals surface area contributed by atoms with E-state index in [0.29, 0.717) is 18.7 Å². The highest BCUT2D eigenvalue weighted by atomic mass is 19.1. The van der Waals surface area contributed by atoms with Crippen molar-refractivity contribution in [1.82, 2.24) is 5.32 Å². The second-order valence-corrected chi connectivity index (χ2v) is 4.31. The third-order valence-corrected chi connectivity index (χ3v) is 2.98. The Hall–Kier alpha value is -2.18. The van der Waals surface area contributed by atoms with Crippen LogP contribution in [-0.2, 0) is 6.54 Å². The number of hydrogen-bond acceptors (Lipinski definition) is 2. The van der Waals surface area contributed by atoms with Crippen LogP contribution in [0, 0.1) is 17.1 Å². The molecule has 0 heterocycles. The van der Waals surface area contributed by atoms with Crippen molar-refractivity contribution >= 4 is 0 Å². The Kier molecular flexibility index (Phi) is 4.66. The highest BCUT2D eigenvalue weighted by molar-refractivity contribution is 5.25. The molecule has 2 aromatic rings. The van der Waals surface area contributed by atoms with Crippen molar-refractivity contribution in [2.75, 3.05) is 6.54 Å². The van der Waals surface area contributed by atoms with Gasteiger partial charge in [-0.25, -0.2) is 4.39 Å². The molecule has 0 radical (unpaired) electrons. The predicted molar refractivity (Wildman–Crippen MR) is 72.9 cm³/mol. The second kappa shape index (κ2) is 6.67. The first-order chi connectivity index (χ1) is 9.31. The van der Waals surface area contributed by atoms with Gasteiger partial charge in [0.25, 0.3) is 0 Å². The van der Waals surface area contributed by atoms with E-state index < -0.39 is 0 Å². The molecular weight excluding hydrogens is 239 g/mol. The van der Waals surface area contributed by atoms with Gasteiger partial charge in [0.2, 0.25) is 0 Å². The molecule has 0 aliphatic carbocycles. The molecule has 0 amide bonds. The van der Waals surface area contributed by atoms with Crippen LogP contribution < -0.4 is 5.32 Å². The molecule has 19 heavy (non-hydrogen) atoms. The van der Waals surface area contributed by atoms with Crippen molar-refractivity contribution in [3.8, 4) is 6.07 Å². The van der Waals surface area contributed by atoms with Crippen molar-refractivity contribution in [2.24, 2.45) is 0 Å². The van der Waals surface area contributed by atoms with Crippen molar-refractivity contribution in [2.45, 2.75) is 12.5 Å². The largest absolute Gasteiger partial charge is 0.311 e. The zero-order valence-electron chi connectivity index (χ0n) is 10.5. The van der Waals surface area contributed by atoms with E-state index >= 15 is 0 Å². The first-order valence-corrected chi connectivity index (χ1v) is 6.20. The number of nitriles is 1.